The van der Waals surface area contributed by atoms with Gasteiger partial charge in [-0.1, -0.05) is 19.9 Å². The summed E-state index contributed by atoms with van der Waals surface area (Å²) < 4.78 is 61.7. The number of rotatable bonds is 8. The first-order valence-corrected chi connectivity index (χ1v) is 12.6. The zero-order valence-electron chi connectivity index (χ0n) is 20.6. The molecule has 0 radical (unpaired) electrons. The van der Waals surface area contributed by atoms with E-state index in [-0.39, 0.29) is 23.8 Å². The molecule has 0 aliphatic rings. The van der Waals surface area contributed by atoms with Crippen molar-refractivity contribution in [2.24, 2.45) is 0 Å². The lowest BCUT2D eigenvalue weighted by Crippen LogP contribution is -2.32. The summed E-state index contributed by atoms with van der Waals surface area (Å²) in [6.07, 6.45) is 1.10. The molecule has 7 nitrogen and oxygen atoms in total. The molecule has 3 rings (SSSR count). The lowest BCUT2D eigenvalue weighted by Gasteiger charge is -2.19. The molecule has 3 aromatic rings. The number of ether oxygens (including phenoxy) is 1. The van der Waals surface area contributed by atoms with Crippen molar-refractivity contribution < 1.29 is 31.8 Å². The lowest BCUT2D eigenvalue weighted by molar-refractivity contribution is -0.118. The summed E-state index contributed by atoms with van der Waals surface area (Å²) in [5, 5.41) is 10.0. The Morgan fingerprint density at radius 3 is 2.42 bits per heavy atom. The van der Waals surface area contributed by atoms with Crippen LogP contribution >= 0.6 is 0 Å². The predicted molar refractivity (Wildman–Crippen MR) is 131 cm³/mol. The molecule has 2 N–H and O–H groups in total. The van der Waals surface area contributed by atoms with Gasteiger partial charge in [0.2, 0.25) is 11.8 Å². The van der Waals surface area contributed by atoms with E-state index in [1.165, 1.54) is 39.3 Å². The van der Waals surface area contributed by atoms with Crippen LogP contribution < -0.4 is 9.46 Å². The van der Waals surface area contributed by atoms with Crippen LogP contribution in [0.3, 0.4) is 0 Å². The standard InChI is InChI=1S/C26H28F2N2O5S/c1-15(2)19-11-17(27)12-20(16-8-9-29-25(10-16)35-5)21(19)14-24(31)30-36(33,34)18-6-7-22(23(28)13-18)26(3,4)32/h6-13,15,32H,14H2,1-5H3,(H,30,31). The number of halogens is 2. The molecule has 0 spiro atoms. The van der Waals surface area contributed by atoms with Crippen LogP contribution in [0.5, 0.6) is 5.88 Å². The number of carbonyl (C=O) groups is 1. The van der Waals surface area contributed by atoms with Crippen molar-refractivity contribution in [3.8, 4) is 17.0 Å². The smallest absolute Gasteiger partial charge is 0.264 e. The highest BCUT2D eigenvalue weighted by Gasteiger charge is 2.26. The molecular weight excluding hydrogens is 490 g/mol. The van der Waals surface area contributed by atoms with Crippen LogP contribution in [0.25, 0.3) is 11.1 Å². The molecule has 192 valence electrons. The van der Waals surface area contributed by atoms with Crippen LogP contribution in [-0.4, -0.2) is 31.5 Å². The van der Waals surface area contributed by atoms with Gasteiger partial charge < -0.3 is 9.84 Å². The number of pyridine rings is 1. The maximum Gasteiger partial charge on any atom is 0.264 e. The van der Waals surface area contributed by atoms with E-state index >= 15 is 0 Å². The summed E-state index contributed by atoms with van der Waals surface area (Å²) in [7, 11) is -2.98. The Morgan fingerprint density at radius 1 is 1.14 bits per heavy atom. The van der Waals surface area contributed by atoms with Crippen LogP contribution in [0.15, 0.2) is 53.6 Å². The number of hydrogen-bond donors (Lipinski definition) is 2. The minimum atomic E-state index is -4.42. The van der Waals surface area contributed by atoms with Gasteiger partial charge in [-0.25, -0.2) is 26.9 Å². The summed E-state index contributed by atoms with van der Waals surface area (Å²) in [5.74, 6) is -2.20. The molecule has 1 amide bonds. The first-order valence-electron chi connectivity index (χ1n) is 11.1. The fraction of sp³-hybridized carbons (Fsp3) is 0.308. The normalized spacial score (nSPS) is 12.0. The zero-order chi connectivity index (χ0) is 26.8. The Labute approximate surface area is 209 Å². The molecule has 1 heterocycles. The van der Waals surface area contributed by atoms with E-state index in [1.807, 2.05) is 18.6 Å². The Kier molecular flexibility index (Phi) is 7.80. The Balaban J connectivity index is 1.98. The average Bonchev–Trinajstić information content (AvgIpc) is 2.78. The molecule has 0 atom stereocenters. The van der Waals surface area contributed by atoms with Gasteiger partial charge in [0.15, 0.2) is 0 Å². The fourth-order valence-electron chi connectivity index (χ4n) is 3.88. The van der Waals surface area contributed by atoms with Gasteiger partial charge in [0.1, 0.15) is 11.6 Å². The van der Waals surface area contributed by atoms with E-state index in [0.29, 0.717) is 22.3 Å². The fourth-order valence-corrected chi connectivity index (χ4v) is 4.88. The second-order valence-corrected chi connectivity index (χ2v) is 10.9. The van der Waals surface area contributed by atoms with E-state index < -0.39 is 38.1 Å². The van der Waals surface area contributed by atoms with E-state index in [4.69, 9.17) is 4.74 Å². The molecule has 0 fully saturated rings. The Hall–Kier alpha value is -3.37. The third-order valence-electron chi connectivity index (χ3n) is 5.62. The SMILES string of the molecule is COc1cc(-c2cc(F)cc(C(C)C)c2CC(=O)NS(=O)(=O)c2ccc(C(C)(C)O)c(F)c2)ccn1. The third kappa shape index (κ3) is 6.06. The van der Waals surface area contributed by atoms with Gasteiger partial charge in [-0.3, -0.25) is 4.79 Å². The molecule has 0 saturated carbocycles. The summed E-state index contributed by atoms with van der Waals surface area (Å²) in [6, 6.07) is 8.81. The lowest BCUT2D eigenvalue weighted by atomic mass is 9.88. The Morgan fingerprint density at radius 2 is 1.83 bits per heavy atom. The molecule has 0 aliphatic heterocycles. The Bertz CT molecular complexity index is 1400. The van der Waals surface area contributed by atoms with Crippen molar-refractivity contribution >= 4 is 15.9 Å². The number of sulfonamides is 1. The molecule has 1 aromatic heterocycles. The number of nitrogens with zero attached hydrogens (tertiary/aromatic N) is 1. The molecule has 0 unspecified atom stereocenters. The molecule has 2 aromatic carbocycles. The molecule has 36 heavy (non-hydrogen) atoms. The van der Waals surface area contributed by atoms with Crippen molar-refractivity contribution in [2.75, 3.05) is 7.11 Å². The topological polar surface area (TPSA) is 106 Å². The van der Waals surface area contributed by atoms with Gasteiger partial charge in [-0.15, -0.1) is 0 Å². The number of aliphatic hydroxyl groups is 1. The van der Waals surface area contributed by atoms with Crippen LogP contribution in [0, 0.1) is 11.6 Å². The summed E-state index contributed by atoms with van der Waals surface area (Å²) in [5.41, 5.74) is 0.311. The number of amides is 1. The second kappa shape index (κ2) is 10.3. The van der Waals surface area contributed by atoms with Gasteiger partial charge >= 0.3 is 0 Å². The number of nitrogens with one attached hydrogen (secondary N) is 1. The van der Waals surface area contributed by atoms with Gasteiger partial charge in [0.05, 0.1) is 24.0 Å². The first-order chi connectivity index (χ1) is 16.7. The predicted octanol–water partition coefficient (Wildman–Crippen LogP) is 4.43. The highest BCUT2D eigenvalue weighted by atomic mass is 32.2. The van der Waals surface area contributed by atoms with E-state index in [1.54, 1.807) is 12.1 Å². The maximum absolute atomic E-state index is 14.5. The van der Waals surface area contributed by atoms with Crippen LogP contribution in [-0.2, 0) is 26.8 Å². The van der Waals surface area contributed by atoms with Crippen LogP contribution in [0.4, 0.5) is 8.78 Å². The first kappa shape index (κ1) is 27.2. The van der Waals surface area contributed by atoms with Crippen molar-refractivity contribution in [1.82, 2.24) is 9.71 Å². The number of carbonyl (C=O) groups excluding carboxylic acids is 1. The number of aromatic nitrogens is 1. The monoisotopic (exact) mass is 518 g/mol. The highest BCUT2D eigenvalue weighted by Crippen LogP contribution is 2.33. The summed E-state index contributed by atoms with van der Waals surface area (Å²) >= 11 is 0. The largest absolute Gasteiger partial charge is 0.481 e. The maximum atomic E-state index is 14.5. The van der Waals surface area contributed by atoms with E-state index in [0.717, 1.165) is 18.2 Å². The molecular formula is C26H28F2N2O5S. The number of methoxy groups -OCH3 is 1. The van der Waals surface area contributed by atoms with Gasteiger partial charge in [0, 0.05) is 17.8 Å². The molecule has 0 saturated heterocycles. The summed E-state index contributed by atoms with van der Waals surface area (Å²) in [4.78, 5) is 16.5. The van der Waals surface area contributed by atoms with Gasteiger partial charge in [0.25, 0.3) is 10.0 Å². The zero-order valence-corrected chi connectivity index (χ0v) is 21.4. The average molecular weight is 519 g/mol. The molecule has 0 aliphatic carbocycles. The van der Waals surface area contributed by atoms with Crippen molar-refractivity contribution in [3.05, 3.63) is 77.0 Å². The van der Waals surface area contributed by atoms with Crippen molar-refractivity contribution in [2.45, 2.75) is 50.5 Å². The summed E-state index contributed by atoms with van der Waals surface area (Å²) in [6.45, 7) is 6.40. The van der Waals surface area contributed by atoms with Gasteiger partial charge in [-0.05, 0) is 72.4 Å². The minimum absolute atomic E-state index is 0.0851. The highest BCUT2D eigenvalue weighted by molar-refractivity contribution is 7.90. The van der Waals surface area contributed by atoms with Crippen LogP contribution in [0.1, 0.15) is 50.3 Å². The van der Waals surface area contributed by atoms with Crippen molar-refractivity contribution in [3.63, 3.8) is 0 Å². The third-order valence-corrected chi connectivity index (χ3v) is 6.99. The molecule has 0 bridgehead atoms. The van der Waals surface area contributed by atoms with E-state index in [9.17, 15) is 27.1 Å². The second-order valence-electron chi connectivity index (χ2n) is 9.17. The quantitative estimate of drug-likeness (QED) is 0.457. The number of hydrogen-bond acceptors (Lipinski definition) is 6. The number of benzene rings is 2. The molecule has 10 heteroatoms. The minimum Gasteiger partial charge on any atom is -0.481 e. The van der Waals surface area contributed by atoms with Gasteiger partial charge in [-0.2, -0.15) is 0 Å². The van der Waals surface area contributed by atoms with Crippen LogP contribution in [0.2, 0.25) is 0 Å². The van der Waals surface area contributed by atoms with Crippen molar-refractivity contribution in [1.29, 1.82) is 0 Å². The van der Waals surface area contributed by atoms with E-state index in [2.05, 4.69) is 4.98 Å².